The number of carbonyl (C=O) groups is 1. The average Bonchev–Trinajstić information content (AvgIpc) is 2.94. The molecule has 0 bridgehead atoms. The van der Waals surface area contributed by atoms with E-state index in [4.69, 9.17) is 0 Å². The lowest BCUT2D eigenvalue weighted by Gasteiger charge is -2.01. The molecule has 5 nitrogen and oxygen atoms in total. The first-order chi connectivity index (χ1) is 7.75. The molecule has 2 aromatic heterocycles. The normalized spacial score (nSPS) is 15.2. The summed E-state index contributed by atoms with van der Waals surface area (Å²) in [6.45, 7) is 0. The summed E-state index contributed by atoms with van der Waals surface area (Å²) in [5.74, 6) is -0.319. The van der Waals surface area contributed by atoms with Crippen molar-refractivity contribution in [2.75, 3.05) is 0 Å². The van der Waals surface area contributed by atoms with Crippen LogP contribution in [-0.2, 0) is 0 Å². The third-order valence-corrected chi connectivity index (χ3v) is 3.27. The second-order valence-electron chi connectivity index (χ2n) is 3.78. The van der Waals surface area contributed by atoms with Gasteiger partial charge >= 0.3 is 0 Å². The summed E-state index contributed by atoms with van der Waals surface area (Å²) in [5, 5.41) is 4.55. The van der Waals surface area contributed by atoms with Crippen molar-refractivity contribution in [3.8, 4) is 0 Å². The van der Waals surface area contributed by atoms with E-state index in [-0.39, 0.29) is 23.1 Å². The molecule has 1 amide bonds. The first-order valence-corrected chi connectivity index (χ1v) is 5.89. The number of carbonyl (C=O) groups excluding carboxylic acids is 1. The molecule has 0 aliphatic heterocycles. The lowest BCUT2D eigenvalue weighted by molar-refractivity contribution is 0.0949. The fourth-order valence-electron chi connectivity index (χ4n) is 1.47. The average molecular weight is 235 g/mol. The maximum atomic E-state index is 11.9. The van der Waals surface area contributed by atoms with Crippen molar-refractivity contribution in [3.63, 3.8) is 0 Å². The fraction of sp³-hybridized carbons (Fsp3) is 0.300. The second kappa shape index (κ2) is 3.41. The van der Waals surface area contributed by atoms with E-state index in [1.807, 2.05) is 0 Å². The van der Waals surface area contributed by atoms with Crippen LogP contribution in [-0.4, -0.2) is 21.3 Å². The van der Waals surface area contributed by atoms with Gasteiger partial charge in [-0.25, -0.2) is 4.98 Å². The van der Waals surface area contributed by atoms with E-state index in [0.29, 0.717) is 4.96 Å². The van der Waals surface area contributed by atoms with Crippen LogP contribution in [0.2, 0.25) is 0 Å². The van der Waals surface area contributed by atoms with Gasteiger partial charge < -0.3 is 5.32 Å². The van der Waals surface area contributed by atoms with Crippen molar-refractivity contribution in [1.29, 1.82) is 0 Å². The number of fused-ring (bicyclic) bond motifs is 1. The van der Waals surface area contributed by atoms with Crippen LogP contribution in [0.3, 0.4) is 0 Å². The van der Waals surface area contributed by atoms with E-state index in [2.05, 4.69) is 10.3 Å². The standard InChI is InChI=1S/C10H9N3O2S/c14-8(12-6-1-2-6)7-5-11-10-13(9(7)15)3-4-16-10/h3-6H,1-2H2,(H,12,14). The molecule has 2 heterocycles. The van der Waals surface area contributed by atoms with E-state index in [1.165, 1.54) is 21.9 Å². The number of aromatic nitrogens is 2. The number of nitrogens with one attached hydrogen (secondary N) is 1. The van der Waals surface area contributed by atoms with Gasteiger partial charge in [0.05, 0.1) is 0 Å². The van der Waals surface area contributed by atoms with Crippen LogP contribution in [0.25, 0.3) is 4.96 Å². The van der Waals surface area contributed by atoms with Crippen molar-refractivity contribution in [2.45, 2.75) is 18.9 Å². The van der Waals surface area contributed by atoms with Crippen molar-refractivity contribution in [2.24, 2.45) is 0 Å². The summed E-state index contributed by atoms with van der Waals surface area (Å²) >= 11 is 1.37. The Morgan fingerprint density at radius 2 is 2.38 bits per heavy atom. The lowest BCUT2D eigenvalue weighted by atomic mass is 10.3. The Morgan fingerprint density at radius 3 is 3.12 bits per heavy atom. The molecular formula is C10H9N3O2S. The van der Waals surface area contributed by atoms with Crippen LogP contribution in [0, 0.1) is 0 Å². The molecule has 0 spiro atoms. The van der Waals surface area contributed by atoms with Gasteiger partial charge in [-0.15, -0.1) is 11.3 Å². The lowest BCUT2D eigenvalue weighted by Crippen LogP contribution is -2.32. The number of rotatable bonds is 2. The van der Waals surface area contributed by atoms with Gasteiger partial charge in [0.2, 0.25) is 0 Å². The quantitative estimate of drug-likeness (QED) is 0.831. The van der Waals surface area contributed by atoms with Crippen molar-refractivity contribution in [3.05, 3.63) is 33.7 Å². The molecular weight excluding hydrogens is 226 g/mol. The summed E-state index contributed by atoms with van der Waals surface area (Å²) in [5.41, 5.74) is -0.188. The maximum absolute atomic E-state index is 11.9. The zero-order valence-electron chi connectivity index (χ0n) is 8.34. The van der Waals surface area contributed by atoms with Crippen LogP contribution in [0.1, 0.15) is 23.2 Å². The molecule has 0 radical (unpaired) electrons. The number of thiazole rings is 1. The van der Waals surface area contributed by atoms with E-state index in [0.717, 1.165) is 12.8 Å². The van der Waals surface area contributed by atoms with Gasteiger partial charge in [-0.1, -0.05) is 0 Å². The number of amides is 1. The third-order valence-electron chi connectivity index (χ3n) is 2.50. The van der Waals surface area contributed by atoms with Gasteiger partial charge in [-0.2, -0.15) is 0 Å². The van der Waals surface area contributed by atoms with Gasteiger partial charge in [0.25, 0.3) is 11.5 Å². The molecule has 1 fully saturated rings. The van der Waals surface area contributed by atoms with E-state index in [9.17, 15) is 9.59 Å². The van der Waals surface area contributed by atoms with E-state index < -0.39 is 0 Å². The predicted octanol–water partition coefficient (Wildman–Crippen LogP) is 0.648. The Bertz CT molecular complexity index is 612. The fourth-order valence-corrected chi connectivity index (χ4v) is 2.15. The molecule has 0 unspecified atom stereocenters. The van der Waals surface area contributed by atoms with Crippen LogP contribution in [0.5, 0.6) is 0 Å². The molecule has 0 aromatic carbocycles. The highest BCUT2D eigenvalue weighted by Crippen LogP contribution is 2.18. The zero-order chi connectivity index (χ0) is 11.1. The summed E-state index contributed by atoms with van der Waals surface area (Å²) in [6, 6.07) is 0.245. The molecule has 1 saturated carbocycles. The number of hydrogen-bond donors (Lipinski definition) is 1. The first-order valence-electron chi connectivity index (χ1n) is 5.01. The van der Waals surface area contributed by atoms with E-state index >= 15 is 0 Å². The Hall–Kier alpha value is -1.69. The van der Waals surface area contributed by atoms with Gasteiger partial charge in [-0.05, 0) is 12.8 Å². The van der Waals surface area contributed by atoms with E-state index in [1.54, 1.807) is 11.6 Å². The minimum absolute atomic E-state index is 0.114. The highest BCUT2D eigenvalue weighted by molar-refractivity contribution is 7.15. The molecule has 16 heavy (non-hydrogen) atoms. The zero-order valence-corrected chi connectivity index (χ0v) is 9.16. The summed E-state index contributed by atoms with van der Waals surface area (Å²) in [7, 11) is 0. The monoisotopic (exact) mass is 235 g/mol. The highest BCUT2D eigenvalue weighted by atomic mass is 32.1. The molecule has 0 saturated heterocycles. The molecule has 1 aliphatic carbocycles. The van der Waals surface area contributed by atoms with Crippen molar-refractivity contribution < 1.29 is 4.79 Å². The summed E-state index contributed by atoms with van der Waals surface area (Å²) in [4.78, 5) is 28.3. The SMILES string of the molecule is O=C(NC1CC1)c1cnc2sccn2c1=O. The van der Waals surface area contributed by atoms with Crippen LogP contribution >= 0.6 is 11.3 Å². The third kappa shape index (κ3) is 1.51. The Balaban J connectivity index is 2.05. The molecule has 82 valence electrons. The summed E-state index contributed by atoms with van der Waals surface area (Å²) in [6.07, 6.45) is 4.98. The second-order valence-corrected chi connectivity index (χ2v) is 4.65. The first kappa shape index (κ1) is 9.53. The molecule has 2 aromatic rings. The number of nitrogens with zero attached hydrogens (tertiary/aromatic N) is 2. The van der Waals surface area contributed by atoms with Crippen molar-refractivity contribution in [1.82, 2.24) is 14.7 Å². The van der Waals surface area contributed by atoms with Gasteiger partial charge in [0.1, 0.15) is 5.56 Å². The molecule has 1 aliphatic rings. The molecule has 0 atom stereocenters. The predicted molar refractivity (Wildman–Crippen MR) is 59.8 cm³/mol. The largest absolute Gasteiger partial charge is 0.349 e. The molecule has 3 rings (SSSR count). The Morgan fingerprint density at radius 1 is 1.56 bits per heavy atom. The Kier molecular flexibility index (Phi) is 2.03. The number of hydrogen-bond acceptors (Lipinski definition) is 4. The molecule has 6 heteroatoms. The minimum atomic E-state index is -0.319. The van der Waals surface area contributed by atoms with Gasteiger partial charge in [0.15, 0.2) is 4.96 Å². The van der Waals surface area contributed by atoms with Crippen LogP contribution in [0.4, 0.5) is 0 Å². The topological polar surface area (TPSA) is 63.5 Å². The van der Waals surface area contributed by atoms with Crippen LogP contribution in [0.15, 0.2) is 22.6 Å². The van der Waals surface area contributed by atoms with Crippen molar-refractivity contribution >= 4 is 22.2 Å². The van der Waals surface area contributed by atoms with Gasteiger partial charge in [0, 0.05) is 23.8 Å². The Labute approximate surface area is 94.7 Å². The summed E-state index contributed by atoms with van der Waals surface area (Å²) < 4.78 is 1.40. The highest BCUT2D eigenvalue weighted by Gasteiger charge is 2.25. The minimum Gasteiger partial charge on any atom is -0.349 e. The maximum Gasteiger partial charge on any atom is 0.271 e. The smallest absolute Gasteiger partial charge is 0.271 e. The van der Waals surface area contributed by atoms with Crippen LogP contribution < -0.4 is 10.9 Å². The van der Waals surface area contributed by atoms with Gasteiger partial charge in [-0.3, -0.25) is 14.0 Å². The molecule has 1 N–H and O–H groups in total.